The second kappa shape index (κ2) is 29.8. The summed E-state index contributed by atoms with van der Waals surface area (Å²) in [6.45, 7) is 15.8. The summed E-state index contributed by atoms with van der Waals surface area (Å²) in [6.07, 6.45) is 8.56. The molecule has 2 atom stereocenters. The number of nitrogens with one attached hydrogen (secondary N) is 3. The van der Waals surface area contributed by atoms with Crippen LogP contribution in [0.4, 0.5) is 5.95 Å². The Morgan fingerprint density at radius 2 is 1.65 bits per heavy atom. The van der Waals surface area contributed by atoms with Crippen molar-refractivity contribution in [2.24, 2.45) is 4.99 Å². The van der Waals surface area contributed by atoms with Crippen molar-refractivity contribution in [3.05, 3.63) is 94.6 Å². The number of pyridine rings is 2. The van der Waals surface area contributed by atoms with E-state index >= 15 is 0 Å². The van der Waals surface area contributed by atoms with E-state index in [1.807, 2.05) is 61.8 Å². The number of imidazole rings is 1. The molecule has 2 aliphatic heterocycles. The fourth-order valence-electron chi connectivity index (χ4n) is 7.31. The first-order chi connectivity index (χ1) is 32.1. The van der Waals surface area contributed by atoms with Crippen LogP contribution in [0.5, 0.6) is 11.5 Å². The van der Waals surface area contributed by atoms with Gasteiger partial charge in [-0.2, -0.15) is 0 Å². The molecule has 21 heteroatoms. The number of carbonyl (C=O) groups is 1. The maximum atomic E-state index is 11.3. The molecule has 0 spiro atoms. The van der Waals surface area contributed by atoms with Crippen LogP contribution >= 0.6 is 23.2 Å². The molecule has 2 fully saturated rings. The zero-order valence-corrected chi connectivity index (χ0v) is 40.4. The minimum atomic E-state index is -1.44. The number of aliphatic imine (C=N–C) groups is 1. The number of aliphatic hydroxyl groups excluding tert-OH is 1. The molecule has 1 aliphatic carbocycles. The summed E-state index contributed by atoms with van der Waals surface area (Å²) in [5.41, 5.74) is 6.07. The van der Waals surface area contributed by atoms with Gasteiger partial charge in [0.15, 0.2) is 5.96 Å². The van der Waals surface area contributed by atoms with Crippen molar-refractivity contribution in [1.82, 2.24) is 40.0 Å². The average molecular weight is 997 g/mol. The SMILES string of the molecule is CCOCCNCCCNc1nc2ccc(CO)cc2n1Cc1nc(C)ccc1O.Cc1ccc(O)c(CN2C(=NCCCN3CCOCC3)NC3C=CC(C=O)=CC32)n1.ClCCl.[O]=[Mn]=[O]. The number of aryl methyl sites for hydroxylation is 2. The molecule has 1 aromatic carbocycles. The number of hydrogen-bond donors (Lipinski definition) is 6. The summed E-state index contributed by atoms with van der Waals surface area (Å²) in [5.74, 6) is 1.83. The van der Waals surface area contributed by atoms with Crippen molar-refractivity contribution in [2.45, 2.75) is 65.4 Å². The number of aromatic nitrogens is 4. The van der Waals surface area contributed by atoms with Gasteiger partial charge in [-0.15, -0.1) is 23.2 Å². The Bertz CT molecular complexity index is 2250. The number of anilines is 1. The van der Waals surface area contributed by atoms with Crippen LogP contribution in [0.3, 0.4) is 0 Å². The Morgan fingerprint density at radius 1 is 0.970 bits per heavy atom. The van der Waals surface area contributed by atoms with Crippen molar-refractivity contribution in [1.29, 1.82) is 0 Å². The first-order valence-electron chi connectivity index (χ1n) is 21.8. The van der Waals surface area contributed by atoms with E-state index in [1.165, 1.54) is 0 Å². The summed E-state index contributed by atoms with van der Waals surface area (Å²) in [6, 6.07) is 12.6. The van der Waals surface area contributed by atoms with E-state index in [0.717, 1.165) is 125 Å². The molecule has 2 saturated heterocycles. The van der Waals surface area contributed by atoms with Crippen molar-refractivity contribution in [3.63, 3.8) is 0 Å². The monoisotopic (exact) mass is 995 g/mol. The van der Waals surface area contributed by atoms with E-state index in [9.17, 15) is 20.1 Å². The number of carbonyl (C=O) groups excluding carboxylic acids is 1. The number of nitrogens with zero attached hydrogens (tertiary/aromatic N) is 7. The number of allylic oxidation sites excluding steroid dienone is 2. The van der Waals surface area contributed by atoms with E-state index in [0.29, 0.717) is 36.6 Å². The number of aromatic hydroxyl groups is 2. The van der Waals surface area contributed by atoms with Gasteiger partial charge < -0.3 is 50.2 Å². The third kappa shape index (κ3) is 17.2. The molecule has 2 unspecified atom stereocenters. The predicted molar refractivity (Wildman–Crippen MR) is 250 cm³/mol. The molecule has 0 bridgehead atoms. The van der Waals surface area contributed by atoms with Gasteiger partial charge in [-0.05, 0) is 88.2 Å². The van der Waals surface area contributed by atoms with Gasteiger partial charge in [0.05, 0.1) is 68.0 Å². The molecule has 18 nitrogen and oxygen atoms in total. The van der Waals surface area contributed by atoms with Crippen LogP contribution in [0.1, 0.15) is 48.1 Å². The molecule has 361 valence electrons. The van der Waals surface area contributed by atoms with Crippen molar-refractivity contribution < 1.29 is 52.1 Å². The third-order valence-corrected chi connectivity index (χ3v) is 10.5. The van der Waals surface area contributed by atoms with E-state index < -0.39 is 14.8 Å². The van der Waals surface area contributed by atoms with Gasteiger partial charge in [-0.25, -0.2) is 4.98 Å². The van der Waals surface area contributed by atoms with Crippen LogP contribution in [-0.4, -0.2) is 147 Å². The third-order valence-electron chi connectivity index (χ3n) is 10.5. The number of aliphatic hydroxyl groups is 1. The molecule has 6 N–H and O–H groups in total. The van der Waals surface area contributed by atoms with Gasteiger partial charge >= 0.3 is 22.5 Å². The molecular weight excluding hydrogens is 934 g/mol. The fraction of sp³-hybridized carbons (Fsp3) is 0.489. The Balaban J connectivity index is 0.000000258. The summed E-state index contributed by atoms with van der Waals surface area (Å²) in [7, 11) is 0. The topological polar surface area (TPSA) is 229 Å². The molecule has 5 heterocycles. The van der Waals surface area contributed by atoms with E-state index in [2.05, 4.69) is 35.7 Å². The number of morpholine rings is 1. The maximum absolute atomic E-state index is 11.3. The van der Waals surface area contributed by atoms with Gasteiger partial charge in [0.2, 0.25) is 5.95 Å². The zero-order chi connectivity index (χ0) is 47.7. The molecular formula is C45H62Cl2MnN10O8. The van der Waals surface area contributed by atoms with Crippen LogP contribution in [0.15, 0.2) is 71.3 Å². The number of guanidine groups is 1. The second-order valence-corrected chi connectivity index (χ2v) is 16.2. The van der Waals surface area contributed by atoms with Crippen LogP contribution in [-0.2, 0) is 56.5 Å². The molecule has 3 aliphatic rings. The normalized spacial score (nSPS) is 17.0. The van der Waals surface area contributed by atoms with Crippen molar-refractivity contribution in [2.75, 3.05) is 82.9 Å². The van der Waals surface area contributed by atoms with Crippen LogP contribution in [0, 0.1) is 13.8 Å². The van der Waals surface area contributed by atoms with E-state index in [1.54, 1.807) is 24.3 Å². The standard InChI is InChI=1S/C22H29N5O3.C22H31N5O3.CH2Cl2.Mn.2O/c1-16-3-6-21(29)19(24-16)14-27-20-13-17(15-28)4-5-18(20)25-22(27)23-7-2-8-26-9-11-30-12-10-26;1-3-30-12-11-23-9-4-10-24-22-26-18-7-6-17(15-28)13-20(18)27(22)14-19-21(29)8-5-16(2)25-19;2-1-3;;;/h3-6,13,15,18,20,29H,2,7-12,14H2,1H3,(H,23,25);5-8,13,23,28-29H,3-4,9-12,14-15H2,1-2H3,(H,24,26);1H2;;;. The number of hydrogen-bond acceptors (Lipinski definition) is 15. The van der Waals surface area contributed by atoms with Gasteiger partial charge in [0.1, 0.15) is 29.2 Å². The first-order valence-corrected chi connectivity index (χ1v) is 23.8. The summed E-state index contributed by atoms with van der Waals surface area (Å²) in [5, 5.41) is 40.5. The number of aldehydes is 1. The van der Waals surface area contributed by atoms with Gasteiger partial charge in [-0.3, -0.25) is 24.7 Å². The predicted octanol–water partition coefficient (Wildman–Crippen LogP) is 4.61. The fourth-order valence-corrected chi connectivity index (χ4v) is 7.31. The number of alkyl halides is 2. The summed E-state index contributed by atoms with van der Waals surface area (Å²) < 4.78 is 29.5. The van der Waals surface area contributed by atoms with Crippen molar-refractivity contribution >= 4 is 52.4 Å². The first kappa shape index (κ1) is 53.9. The van der Waals surface area contributed by atoms with Crippen LogP contribution < -0.4 is 16.0 Å². The van der Waals surface area contributed by atoms with Gasteiger partial charge in [0, 0.05) is 62.8 Å². The quantitative estimate of drug-likeness (QED) is 0.0326. The van der Waals surface area contributed by atoms with E-state index in [4.69, 9.17) is 50.3 Å². The van der Waals surface area contributed by atoms with E-state index in [-0.39, 0.29) is 35.5 Å². The van der Waals surface area contributed by atoms with Crippen molar-refractivity contribution in [3.8, 4) is 11.5 Å². The molecule has 0 radical (unpaired) electrons. The molecule has 7 rings (SSSR count). The number of benzene rings is 1. The molecule has 0 amide bonds. The number of ether oxygens (including phenoxy) is 2. The number of rotatable bonds is 19. The summed E-state index contributed by atoms with van der Waals surface area (Å²) in [4.78, 5) is 34.3. The van der Waals surface area contributed by atoms with Crippen LogP contribution in [0.2, 0.25) is 0 Å². The van der Waals surface area contributed by atoms with Gasteiger partial charge in [0.25, 0.3) is 0 Å². The Morgan fingerprint density at radius 3 is 2.30 bits per heavy atom. The minimum absolute atomic E-state index is 0.0365. The number of halogens is 2. The number of fused-ring (bicyclic) bond motifs is 2. The molecule has 3 aromatic heterocycles. The Hall–Kier alpha value is -4.69. The Kier molecular flexibility index (Phi) is 24.4. The molecule has 66 heavy (non-hydrogen) atoms. The molecule has 4 aromatic rings. The summed E-state index contributed by atoms with van der Waals surface area (Å²) >= 11 is 8.09. The molecule has 0 saturated carbocycles. The van der Waals surface area contributed by atoms with Gasteiger partial charge in [-0.1, -0.05) is 18.2 Å². The zero-order valence-electron chi connectivity index (χ0n) is 37.7. The Labute approximate surface area is 402 Å². The second-order valence-electron chi connectivity index (χ2n) is 15.2. The average Bonchev–Trinajstić information content (AvgIpc) is 3.84. The van der Waals surface area contributed by atoms with Crippen LogP contribution in [0.25, 0.3) is 11.0 Å².